The molecule has 0 aromatic carbocycles. The summed E-state index contributed by atoms with van der Waals surface area (Å²) < 4.78 is 4.68. The molecule has 4 nitrogen and oxygen atoms in total. The monoisotopic (exact) mass is 183 g/mol. The van der Waals surface area contributed by atoms with Crippen molar-refractivity contribution < 1.29 is 14.3 Å². The SMILES string of the molecule is COC(=O)[C@H]1C2CC(C2)N1C(C)=O. The Kier molecular flexibility index (Phi) is 1.78. The number of rotatable bonds is 1. The van der Waals surface area contributed by atoms with Gasteiger partial charge in [-0.15, -0.1) is 0 Å². The Hall–Kier alpha value is -1.06. The summed E-state index contributed by atoms with van der Waals surface area (Å²) in [6, 6.07) is -0.000833. The zero-order valence-electron chi connectivity index (χ0n) is 7.82. The highest BCUT2D eigenvalue weighted by atomic mass is 16.5. The van der Waals surface area contributed by atoms with Gasteiger partial charge in [-0.3, -0.25) is 4.79 Å². The van der Waals surface area contributed by atoms with Crippen LogP contribution in [0.3, 0.4) is 0 Å². The van der Waals surface area contributed by atoms with Gasteiger partial charge in [0.05, 0.1) is 7.11 Å². The lowest BCUT2D eigenvalue weighted by atomic mass is 9.83. The van der Waals surface area contributed by atoms with Crippen molar-refractivity contribution in [3.63, 3.8) is 0 Å². The van der Waals surface area contributed by atoms with E-state index in [1.54, 1.807) is 4.90 Å². The second-order valence-electron chi connectivity index (χ2n) is 3.78. The van der Waals surface area contributed by atoms with Crippen molar-refractivity contribution in [1.82, 2.24) is 4.90 Å². The molecule has 2 saturated heterocycles. The lowest BCUT2D eigenvalue weighted by Crippen LogP contribution is -2.40. The molecule has 1 amide bonds. The number of nitrogens with zero attached hydrogens (tertiary/aromatic N) is 1. The smallest absolute Gasteiger partial charge is 0.328 e. The van der Waals surface area contributed by atoms with E-state index >= 15 is 0 Å². The first-order valence-electron chi connectivity index (χ1n) is 4.52. The number of carbonyl (C=O) groups is 2. The van der Waals surface area contributed by atoms with Gasteiger partial charge in [0.1, 0.15) is 6.04 Å². The van der Waals surface area contributed by atoms with Gasteiger partial charge in [0.15, 0.2) is 0 Å². The van der Waals surface area contributed by atoms with E-state index in [9.17, 15) is 9.59 Å². The first-order chi connectivity index (χ1) is 6.15. The first kappa shape index (κ1) is 8.53. The van der Waals surface area contributed by atoms with E-state index in [0.29, 0.717) is 12.0 Å². The topological polar surface area (TPSA) is 46.6 Å². The van der Waals surface area contributed by atoms with Crippen LogP contribution in [0, 0.1) is 5.92 Å². The lowest BCUT2D eigenvalue weighted by Gasteiger charge is -2.24. The van der Waals surface area contributed by atoms with Gasteiger partial charge in [0.25, 0.3) is 0 Å². The van der Waals surface area contributed by atoms with Crippen molar-refractivity contribution in [2.75, 3.05) is 7.11 Å². The zero-order chi connectivity index (χ0) is 9.59. The third-order valence-electron chi connectivity index (χ3n) is 3.10. The summed E-state index contributed by atoms with van der Waals surface area (Å²) in [4.78, 5) is 24.3. The number of hydrogen-bond donors (Lipinski definition) is 0. The minimum Gasteiger partial charge on any atom is -0.467 e. The molecule has 3 fully saturated rings. The van der Waals surface area contributed by atoms with Crippen LogP contribution >= 0.6 is 0 Å². The summed E-state index contributed by atoms with van der Waals surface area (Å²) in [6.07, 6.45) is 1.94. The summed E-state index contributed by atoms with van der Waals surface area (Å²) in [7, 11) is 1.37. The second kappa shape index (κ2) is 2.72. The molecule has 0 aromatic rings. The molecule has 1 saturated carbocycles. The highest BCUT2D eigenvalue weighted by Crippen LogP contribution is 2.46. The molecule has 1 aliphatic carbocycles. The van der Waals surface area contributed by atoms with E-state index in [-0.39, 0.29) is 17.9 Å². The molecule has 0 radical (unpaired) electrons. The van der Waals surface area contributed by atoms with Crippen LogP contribution in [-0.2, 0) is 14.3 Å². The van der Waals surface area contributed by atoms with E-state index in [2.05, 4.69) is 4.74 Å². The third-order valence-corrected chi connectivity index (χ3v) is 3.10. The molecule has 2 aliphatic heterocycles. The molecule has 2 bridgehead atoms. The highest BCUT2D eigenvalue weighted by molar-refractivity contribution is 5.85. The maximum absolute atomic E-state index is 11.3. The van der Waals surface area contributed by atoms with Crippen molar-refractivity contribution in [3.8, 4) is 0 Å². The van der Waals surface area contributed by atoms with Crippen LogP contribution in [0.4, 0.5) is 0 Å². The Morgan fingerprint density at radius 3 is 2.46 bits per heavy atom. The van der Waals surface area contributed by atoms with Crippen LogP contribution in [0.25, 0.3) is 0 Å². The molecule has 0 aromatic heterocycles. The fourth-order valence-corrected chi connectivity index (χ4v) is 2.45. The standard InChI is InChI=1S/C9H13NO3/c1-5(11)10-7-3-6(4-7)8(10)9(12)13-2/h6-8H,3-4H2,1-2H3/t6?,7?,8-/m1/s1. The normalized spacial score (nSPS) is 35.5. The van der Waals surface area contributed by atoms with E-state index in [4.69, 9.17) is 0 Å². The fourth-order valence-electron chi connectivity index (χ4n) is 2.45. The van der Waals surface area contributed by atoms with Gasteiger partial charge in [-0.25, -0.2) is 4.79 Å². The van der Waals surface area contributed by atoms with Gasteiger partial charge in [-0.05, 0) is 18.8 Å². The first-order valence-corrected chi connectivity index (χ1v) is 4.52. The van der Waals surface area contributed by atoms with Gasteiger partial charge in [0, 0.05) is 13.0 Å². The van der Waals surface area contributed by atoms with E-state index in [1.165, 1.54) is 14.0 Å². The van der Waals surface area contributed by atoms with Crippen molar-refractivity contribution >= 4 is 11.9 Å². The molecular weight excluding hydrogens is 170 g/mol. The number of methoxy groups -OCH3 is 1. The summed E-state index contributed by atoms with van der Waals surface area (Å²) in [6.45, 7) is 1.51. The Morgan fingerprint density at radius 1 is 1.38 bits per heavy atom. The number of carbonyl (C=O) groups excluding carboxylic acids is 2. The Balaban J connectivity index is 2.17. The molecule has 4 heteroatoms. The van der Waals surface area contributed by atoms with Gasteiger partial charge < -0.3 is 9.64 Å². The summed E-state index contributed by atoms with van der Waals surface area (Å²) >= 11 is 0. The number of amides is 1. The molecule has 2 heterocycles. The number of ether oxygens (including phenoxy) is 1. The Morgan fingerprint density at radius 2 is 2.00 bits per heavy atom. The Labute approximate surface area is 76.8 Å². The van der Waals surface area contributed by atoms with Gasteiger partial charge >= 0.3 is 5.97 Å². The fraction of sp³-hybridized carbons (Fsp3) is 0.778. The highest BCUT2D eigenvalue weighted by Gasteiger charge is 2.55. The molecule has 0 unspecified atom stereocenters. The maximum atomic E-state index is 11.3. The number of hydrogen-bond acceptors (Lipinski definition) is 3. The predicted octanol–water partition coefficient (Wildman–Crippen LogP) is 0.169. The molecular formula is C9H13NO3. The van der Waals surface area contributed by atoms with Crippen LogP contribution < -0.4 is 0 Å². The molecule has 1 atom stereocenters. The third kappa shape index (κ3) is 1.04. The molecule has 0 N–H and O–H groups in total. The maximum Gasteiger partial charge on any atom is 0.328 e. The minimum atomic E-state index is -0.299. The largest absolute Gasteiger partial charge is 0.467 e. The molecule has 13 heavy (non-hydrogen) atoms. The summed E-state index contributed by atoms with van der Waals surface area (Å²) in [5.41, 5.74) is 0. The lowest BCUT2D eigenvalue weighted by molar-refractivity contribution is -0.150. The van der Waals surface area contributed by atoms with Crippen LogP contribution in [0.5, 0.6) is 0 Å². The van der Waals surface area contributed by atoms with Crippen LogP contribution in [-0.4, -0.2) is 36.0 Å². The van der Waals surface area contributed by atoms with Crippen LogP contribution in [0.1, 0.15) is 19.8 Å². The van der Waals surface area contributed by atoms with Gasteiger partial charge in [0.2, 0.25) is 5.91 Å². The van der Waals surface area contributed by atoms with Crippen molar-refractivity contribution in [1.29, 1.82) is 0 Å². The zero-order valence-corrected chi connectivity index (χ0v) is 7.82. The molecule has 0 spiro atoms. The quantitative estimate of drug-likeness (QED) is 0.544. The minimum absolute atomic E-state index is 0.0135. The van der Waals surface area contributed by atoms with E-state index in [0.717, 1.165) is 12.8 Å². The van der Waals surface area contributed by atoms with Crippen molar-refractivity contribution in [2.45, 2.75) is 31.8 Å². The van der Waals surface area contributed by atoms with E-state index in [1.807, 2.05) is 0 Å². The van der Waals surface area contributed by atoms with Crippen molar-refractivity contribution in [2.24, 2.45) is 5.92 Å². The molecule has 3 aliphatic rings. The van der Waals surface area contributed by atoms with Crippen LogP contribution in [0.15, 0.2) is 0 Å². The molecule has 72 valence electrons. The molecule has 3 rings (SSSR count). The van der Waals surface area contributed by atoms with Crippen molar-refractivity contribution in [3.05, 3.63) is 0 Å². The number of esters is 1. The number of fused-ring (bicyclic) bond motifs is 1. The Bertz CT molecular complexity index is 258. The second-order valence-corrected chi connectivity index (χ2v) is 3.78. The van der Waals surface area contributed by atoms with Gasteiger partial charge in [-0.1, -0.05) is 0 Å². The van der Waals surface area contributed by atoms with E-state index < -0.39 is 0 Å². The van der Waals surface area contributed by atoms with Gasteiger partial charge in [-0.2, -0.15) is 0 Å². The predicted molar refractivity (Wildman–Crippen MR) is 44.8 cm³/mol. The summed E-state index contributed by atoms with van der Waals surface area (Å²) in [5, 5.41) is 0. The van der Waals surface area contributed by atoms with Crippen LogP contribution in [0.2, 0.25) is 0 Å². The average molecular weight is 183 g/mol. The summed E-state index contributed by atoms with van der Waals surface area (Å²) in [5.74, 6) is 0.0713. The average Bonchev–Trinajstić information content (AvgIpc) is 2.54.